The fourth-order valence-corrected chi connectivity index (χ4v) is 5.14. The van der Waals surface area contributed by atoms with Crippen molar-refractivity contribution >= 4 is 15.9 Å². The van der Waals surface area contributed by atoms with E-state index in [-0.39, 0.29) is 37.0 Å². The molecular formula is C19H30N4O5S. The maximum atomic E-state index is 12.8. The van der Waals surface area contributed by atoms with E-state index in [1.54, 1.807) is 13.0 Å². The number of aromatic nitrogens is 1. The van der Waals surface area contributed by atoms with Crippen LogP contribution in [0.5, 0.6) is 0 Å². The Kier molecular flexibility index (Phi) is 7.31. The number of nitrogens with zero attached hydrogens (tertiary/aromatic N) is 3. The molecule has 0 bridgehead atoms. The van der Waals surface area contributed by atoms with E-state index in [4.69, 9.17) is 9.26 Å². The molecule has 1 amide bonds. The molecule has 1 aromatic rings. The molecule has 0 aromatic carbocycles. The van der Waals surface area contributed by atoms with E-state index in [1.807, 2.05) is 4.90 Å². The smallest absolute Gasteiger partial charge is 0.238 e. The van der Waals surface area contributed by atoms with Crippen LogP contribution in [0.2, 0.25) is 0 Å². The SMILES string of the molecule is C=COCC1CN1CC(=O)N(CNS(=O)(=O)C1CCCCC1)Cc1cc(C)on1. The molecular weight excluding hydrogens is 396 g/mol. The number of nitrogens with one attached hydrogen (secondary N) is 1. The highest BCUT2D eigenvalue weighted by atomic mass is 32.2. The molecule has 2 heterocycles. The summed E-state index contributed by atoms with van der Waals surface area (Å²) in [5.41, 5.74) is 0.588. The molecule has 0 radical (unpaired) electrons. The summed E-state index contributed by atoms with van der Waals surface area (Å²) in [5, 5.41) is 3.55. The Bertz CT molecular complexity index is 803. The van der Waals surface area contributed by atoms with E-state index in [0.29, 0.717) is 30.9 Å². The van der Waals surface area contributed by atoms with Crippen LogP contribution in [0.25, 0.3) is 0 Å². The number of hydrogen-bond donors (Lipinski definition) is 1. The Morgan fingerprint density at radius 3 is 2.86 bits per heavy atom. The quantitative estimate of drug-likeness (QED) is 0.324. The van der Waals surface area contributed by atoms with E-state index in [1.165, 1.54) is 11.2 Å². The summed E-state index contributed by atoms with van der Waals surface area (Å²) >= 11 is 0. The Morgan fingerprint density at radius 2 is 2.21 bits per heavy atom. The van der Waals surface area contributed by atoms with Crippen LogP contribution >= 0.6 is 0 Å². The number of carbonyl (C=O) groups excluding carboxylic acids is 1. The van der Waals surface area contributed by atoms with Gasteiger partial charge in [-0.15, -0.1) is 0 Å². The summed E-state index contributed by atoms with van der Waals surface area (Å²) in [6.45, 7) is 6.86. The molecule has 1 aliphatic heterocycles. The third-order valence-corrected chi connectivity index (χ3v) is 7.28. The highest BCUT2D eigenvalue weighted by molar-refractivity contribution is 7.90. The Morgan fingerprint density at radius 1 is 1.45 bits per heavy atom. The normalized spacial score (nSPS) is 22.2. The number of ether oxygens (including phenoxy) is 1. The zero-order chi connectivity index (χ0) is 20.9. The Hall–Kier alpha value is -1.91. The maximum absolute atomic E-state index is 12.8. The third kappa shape index (κ3) is 6.28. The van der Waals surface area contributed by atoms with Gasteiger partial charge in [0.05, 0.1) is 37.3 Å². The first-order valence-electron chi connectivity index (χ1n) is 10.0. The first-order chi connectivity index (χ1) is 13.9. The van der Waals surface area contributed by atoms with Crippen LogP contribution in [0.15, 0.2) is 23.4 Å². The maximum Gasteiger partial charge on any atom is 0.238 e. The number of sulfonamides is 1. The third-order valence-electron chi connectivity index (χ3n) is 5.40. The first-order valence-corrected chi connectivity index (χ1v) is 11.6. The summed E-state index contributed by atoms with van der Waals surface area (Å²) in [6.07, 6.45) is 5.66. The van der Waals surface area contributed by atoms with Crippen molar-refractivity contribution in [3.63, 3.8) is 0 Å². The van der Waals surface area contributed by atoms with Gasteiger partial charge in [-0.3, -0.25) is 9.69 Å². The number of aryl methyl sites for hydroxylation is 1. The minimum absolute atomic E-state index is 0.0781. The van der Waals surface area contributed by atoms with Crippen LogP contribution in [0.3, 0.4) is 0 Å². The highest BCUT2D eigenvalue weighted by Crippen LogP contribution is 2.23. The lowest BCUT2D eigenvalue weighted by molar-refractivity contribution is -0.132. The lowest BCUT2D eigenvalue weighted by Crippen LogP contribution is -2.46. The number of carbonyl (C=O) groups is 1. The first kappa shape index (κ1) is 21.8. The molecule has 2 aliphatic rings. The molecule has 3 rings (SSSR count). The fraction of sp³-hybridized carbons (Fsp3) is 0.684. The minimum Gasteiger partial charge on any atom is -0.500 e. The molecule has 9 nitrogen and oxygen atoms in total. The van der Waals surface area contributed by atoms with Gasteiger partial charge in [-0.2, -0.15) is 4.72 Å². The van der Waals surface area contributed by atoms with Crippen molar-refractivity contribution in [1.29, 1.82) is 0 Å². The topological polar surface area (TPSA) is 105 Å². The Balaban J connectivity index is 1.59. The van der Waals surface area contributed by atoms with E-state index in [0.717, 1.165) is 25.8 Å². The summed E-state index contributed by atoms with van der Waals surface area (Å²) in [6, 6.07) is 1.93. The monoisotopic (exact) mass is 426 g/mol. The summed E-state index contributed by atoms with van der Waals surface area (Å²) < 4.78 is 38.2. The van der Waals surface area contributed by atoms with E-state index in [2.05, 4.69) is 16.5 Å². The zero-order valence-electron chi connectivity index (χ0n) is 16.9. The standard InChI is InChI=1S/C19H30N4O5S/c1-3-27-13-17-11-22(17)12-19(24)23(10-16-9-15(2)28-21-16)14-20-29(25,26)18-7-5-4-6-8-18/h3,9,17-18,20H,1,4-8,10-14H2,2H3. The van der Waals surface area contributed by atoms with Crippen molar-refractivity contribution in [1.82, 2.24) is 19.7 Å². The molecule has 2 fully saturated rings. The average molecular weight is 427 g/mol. The molecule has 1 aromatic heterocycles. The summed E-state index contributed by atoms with van der Waals surface area (Å²) in [4.78, 5) is 16.3. The largest absolute Gasteiger partial charge is 0.500 e. The molecule has 1 N–H and O–H groups in total. The molecule has 29 heavy (non-hydrogen) atoms. The van der Waals surface area contributed by atoms with Gasteiger partial charge in [0, 0.05) is 12.6 Å². The summed E-state index contributed by atoms with van der Waals surface area (Å²) in [5.74, 6) is 0.473. The molecule has 1 saturated carbocycles. The van der Waals surface area contributed by atoms with Crippen molar-refractivity contribution in [3.05, 3.63) is 30.4 Å². The molecule has 1 saturated heterocycles. The molecule has 10 heteroatoms. The van der Waals surface area contributed by atoms with Crippen molar-refractivity contribution in [3.8, 4) is 0 Å². The van der Waals surface area contributed by atoms with Crippen LogP contribution in [-0.4, -0.2) is 66.9 Å². The highest BCUT2D eigenvalue weighted by Gasteiger charge is 2.37. The van der Waals surface area contributed by atoms with Crippen LogP contribution in [-0.2, 0) is 26.1 Å². The van der Waals surface area contributed by atoms with Crippen molar-refractivity contribution < 1.29 is 22.5 Å². The van der Waals surface area contributed by atoms with Gasteiger partial charge in [-0.05, 0) is 19.8 Å². The minimum atomic E-state index is -3.47. The molecule has 2 atom stereocenters. The van der Waals surface area contributed by atoms with Gasteiger partial charge < -0.3 is 14.2 Å². The zero-order valence-corrected chi connectivity index (χ0v) is 17.7. The molecule has 0 spiro atoms. The van der Waals surface area contributed by atoms with Gasteiger partial charge >= 0.3 is 0 Å². The average Bonchev–Trinajstić information content (AvgIpc) is 3.31. The van der Waals surface area contributed by atoms with Crippen molar-refractivity contribution in [2.24, 2.45) is 0 Å². The molecule has 162 valence electrons. The lowest BCUT2D eigenvalue weighted by atomic mass is 10.0. The lowest BCUT2D eigenvalue weighted by Gasteiger charge is -2.26. The van der Waals surface area contributed by atoms with Gasteiger partial charge in [0.15, 0.2) is 0 Å². The summed E-state index contributed by atoms with van der Waals surface area (Å²) in [7, 11) is -3.47. The van der Waals surface area contributed by atoms with Gasteiger partial charge in [0.25, 0.3) is 0 Å². The number of rotatable bonds is 11. The van der Waals surface area contributed by atoms with Gasteiger partial charge in [0.1, 0.15) is 18.1 Å². The van der Waals surface area contributed by atoms with Gasteiger partial charge in [0.2, 0.25) is 15.9 Å². The second-order valence-electron chi connectivity index (χ2n) is 7.71. The van der Waals surface area contributed by atoms with E-state index < -0.39 is 10.0 Å². The van der Waals surface area contributed by atoms with Gasteiger partial charge in [-0.25, -0.2) is 8.42 Å². The van der Waals surface area contributed by atoms with E-state index >= 15 is 0 Å². The molecule has 2 unspecified atom stereocenters. The fourth-order valence-electron chi connectivity index (χ4n) is 3.61. The van der Waals surface area contributed by atoms with Crippen molar-refractivity contribution in [2.75, 3.05) is 26.4 Å². The number of hydrogen-bond acceptors (Lipinski definition) is 7. The van der Waals surface area contributed by atoms with Crippen molar-refractivity contribution in [2.45, 2.75) is 56.9 Å². The second-order valence-corrected chi connectivity index (χ2v) is 9.76. The molecule has 1 aliphatic carbocycles. The predicted octanol–water partition coefficient (Wildman–Crippen LogP) is 1.37. The van der Waals surface area contributed by atoms with Crippen LogP contribution < -0.4 is 4.72 Å². The van der Waals surface area contributed by atoms with Crippen LogP contribution in [0, 0.1) is 6.92 Å². The number of amides is 1. The predicted molar refractivity (Wildman–Crippen MR) is 107 cm³/mol. The van der Waals surface area contributed by atoms with Crippen LogP contribution in [0.1, 0.15) is 43.6 Å². The second kappa shape index (κ2) is 9.73. The van der Waals surface area contributed by atoms with E-state index in [9.17, 15) is 13.2 Å². The van der Waals surface area contributed by atoms with Gasteiger partial charge in [-0.1, -0.05) is 31.0 Å². The Labute approximate surface area is 172 Å². The van der Waals surface area contributed by atoms with Crippen LogP contribution in [0.4, 0.5) is 0 Å².